The van der Waals surface area contributed by atoms with Crippen LogP contribution in [0.25, 0.3) is 21.8 Å². The Morgan fingerprint density at radius 1 is 0.400 bits per heavy atom. The average molecular weight is 581 g/mol. The highest BCUT2D eigenvalue weighted by molar-refractivity contribution is 7.99. The van der Waals surface area contributed by atoms with Crippen LogP contribution in [0.2, 0.25) is 0 Å². The number of aromatic nitrogens is 2. The van der Waals surface area contributed by atoms with Gasteiger partial charge < -0.3 is 0 Å². The number of fused-ring (bicyclic) bond motifs is 3. The quantitative estimate of drug-likeness (QED) is 0.0598. The molecule has 0 unspecified atom stereocenters. The van der Waals surface area contributed by atoms with Crippen LogP contribution in [-0.4, -0.2) is 21.5 Å². The lowest BCUT2D eigenvalue weighted by Crippen LogP contribution is -1.91. The first-order valence-corrected chi connectivity index (χ1v) is 18.7. The zero-order valence-electron chi connectivity index (χ0n) is 25.7. The predicted octanol–water partition coefficient (Wildman–Crippen LogP) is 12.8. The summed E-state index contributed by atoms with van der Waals surface area (Å²) in [4.78, 5) is 10.2. The van der Waals surface area contributed by atoms with Gasteiger partial charge >= 0.3 is 0 Å². The third kappa shape index (κ3) is 13.1. The van der Waals surface area contributed by atoms with E-state index in [0.717, 1.165) is 32.6 Å². The fraction of sp³-hybridized carbons (Fsp3) is 0.667. The molecular formula is C36H56N2S2. The van der Waals surface area contributed by atoms with Gasteiger partial charge in [-0.25, -0.2) is 9.97 Å². The van der Waals surface area contributed by atoms with Gasteiger partial charge in [0.1, 0.15) is 0 Å². The van der Waals surface area contributed by atoms with Crippen molar-refractivity contribution in [3.63, 3.8) is 0 Å². The van der Waals surface area contributed by atoms with E-state index in [1.54, 1.807) is 0 Å². The maximum Gasteiger partial charge on any atom is 0.0978 e. The number of benzene rings is 1. The average Bonchev–Trinajstić information content (AvgIpc) is 2.98. The zero-order chi connectivity index (χ0) is 28.1. The van der Waals surface area contributed by atoms with Crippen LogP contribution in [0.4, 0.5) is 0 Å². The fourth-order valence-corrected chi connectivity index (χ4v) is 7.18. The summed E-state index contributed by atoms with van der Waals surface area (Å²) in [7, 11) is 0. The highest BCUT2D eigenvalue weighted by Crippen LogP contribution is 2.29. The van der Waals surface area contributed by atoms with Crippen molar-refractivity contribution in [3.8, 4) is 0 Å². The van der Waals surface area contributed by atoms with Gasteiger partial charge in [0.2, 0.25) is 0 Å². The smallest absolute Gasteiger partial charge is 0.0978 e. The summed E-state index contributed by atoms with van der Waals surface area (Å²) in [5.41, 5.74) is 2.12. The Hall–Kier alpha value is -1.26. The van der Waals surface area contributed by atoms with Crippen molar-refractivity contribution in [3.05, 3.63) is 36.4 Å². The molecule has 0 aliphatic carbocycles. The maximum absolute atomic E-state index is 5.08. The molecule has 0 atom stereocenters. The molecule has 0 amide bonds. The van der Waals surface area contributed by atoms with Crippen LogP contribution >= 0.6 is 23.5 Å². The van der Waals surface area contributed by atoms with E-state index in [0.29, 0.717) is 0 Å². The van der Waals surface area contributed by atoms with Gasteiger partial charge in [-0.15, -0.1) is 23.5 Å². The Morgan fingerprint density at radius 2 is 0.700 bits per heavy atom. The molecule has 0 bridgehead atoms. The van der Waals surface area contributed by atoms with E-state index in [-0.39, 0.29) is 0 Å². The molecule has 2 nitrogen and oxygen atoms in total. The zero-order valence-corrected chi connectivity index (χ0v) is 27.4. The molecule has 0 spiro atoms. The number of rotatable bonds is 24. The lowest BCUT2D eigenvalue weighted by atomic mass is 10.1. The van der Waals surface area contributed by atoms with Gasteiger partial charge in [0.05, 0.1) is 21.1 Å². The molecule has 1 aromatic carbocycles. The Kier molecular flexibility index (Phi) is 17.8. The second-order valence-electron chi connectivity index (χ2n) is 11.6. The molecule has 0 radical (unpaired) electrons. The molecule has 0 aliphatic rings. The number of hydrogen-bond donors (Lipinski definition) is 0. The van der Waals surface area contributed by atoms with Crippen LogP contribution in [-0.2, 0) is 0 Å². The third-order valence-corrected chi connectivity index (χ3v) is 10.00. The first kappa shape index (κ1) is 33.2. The van der Waals surface area contributed by atoms with E-state index in [4.69, 9.17) is 9.97 Å². The van der Waals surface area contributed by atoms with Gasteiger partial charge in [0, 0.05) is 10.8 Å². The number of nitrogens with zero attached hydrogens (tertiary/aromatic N) is 2. The van der Waals surface area contributed by atoms with Crippen molar-refractivity contribution in [2.75, 3.05) is 11.5 Å². The number of pyridine rings is 2. The fourth-order valence-electron chi connectivity index (χ4n) is 5.43. The van der Waals surface area contributed by atoms with Crippen molar-refractivity contribution < 1.29 is 0 Å². The Bertz CT molecular complexity index is 983. The Labute approximate surface area is 254 Å². The molecule has 2 aromatic heterocycles. The number of hydrogen-bond acceptors (Lipinski definition) is 4. The molecule has 3 rings (SSSR count). The van der Waals surface area contributed by atoms with Crippen LogP contribution in [0, 0.1) is 0 Å². The van der Waals surface area contributed by atoms with Crippen molar-refractivity contribution in [1.29, 1.82) is 0 Å². The minimum absolute atomic E-state index is 1.06. The van der Waals surface area contributed by atoms with Gasteiger partial charge in [-0.2, -0.15) is 0 Å². The molecule has 0 fully saturated rings. The van der Waals surface area contributed by atoms with Crippen LogP contribution in [0.15, 0.2) is 46.5 Å². The molecular weight excluding hydrogens is 525 g/mol. The van der Waals surface area contributed by atoms with Crippen molar-refractivity contribution >= 4 is 45.3 Å². The monoisotopic (exact) mass is 580 g/mol. The van der Waals surface area contributed by atoms with Gasteiger partial charge in [-0.3, -0.25) is 0 Å². The van der Waals surface area contributed by atoms with E-state index in [2.05, 4.69) is 50.2 Å². The van der Waals surface area contributed by atoms with Gasteiger partial charge in [-0.1, -0.05) is 154 Å². The summed E-state index contributed by atoms with van der Waals surface area (Å²) >= 11 is 3.82. The normalized spacial score (nSPS) is 11.7. The highest BCUT2D eigenvalue weighted by atomic mass is 32.2. The number of thioether (sulfide) groups is 2. The van der Waals surface area contributed by atoms with Gasteiger partial charge in [0.15, 0.2) is 0 Å². The van der Waals surface area contributed by atoms with E-state index in [1.807, 2.05) is 23.5 Å². The lowest BCUT2D eigenvalue weighted by Gasteiger charge is -2.08. The van der Waals surface area contributed by atoms with Gasteiger partial charge in [-0.05, 0) is 36.5 Å². The molecule has 2 heterocycles. The molecule has 0 saturated carbocycles. The van der Waals surface area contributed by atoms with Crippen LogP contribution in [0.5, 0.6) is 0 Å². The first-order valence-electron chi connectivity index (χ1n) is 16.8. The number of unbranched alkanes of at least 4 members (excludes halogenated alkanes) is 18. The van der Waals surface area contributed by atoms with Gasteiger partial charge in [0.25, 0.3) is 0 Å². The second-order valence-corrected chi connectivity index (χ2v) is 13.8. The summed E-state index contributed by atoms with van der Waals surface area (Å²) < 4.78 is 0. The summed E-state index contributed by atoms with van der Waals surface area (Å²) in [6, 6.07) is 13.2. The summed E-state index contributed by atoms with van der Waals surface area (Å²) in [5.74, 6) is 2.32. The van der Waals surface area contributed by atoms with E-state index in [9.17, 15) is 0 Å². The first-order chi connectivity index (χ1) is 19.8. The van der Waals surface area contributed by atoms with E-state index >= 15 is 0 Å². The molecule has 0 saturated heterocycles. The topological polar surface area (TPSA) is 25.8 Å². The highest BCUT2D eigenvalue weighted by Gasteiger charge is 2.07. The van der Waals surface area contributed by atoms with Crippen LogP contribution in [0.1, 0.15) is 142 Å². The summed E-state index contributed by atoms with van der Waals surface area (Å²) in [5, 5.41) is 4.67. The largest absolute Gasteiger partial charge is 0.239 e. The van der Waals surface area contributed by atoms with Crippen molar-refractivity contribution in [2.24, 2.45) is 0 Å². The Morgan fingerprint density at radius 3 is 1.05 bits per heavy atom. The summed E-state index contributed by atoms with van der Waals surface area (Å²) in [6.45, 7) is 4.58. The molecule has 222 valence electrons. The molecule has 0 aliphatic heterocycles. The summed E-state index contributed by atoms with van der Waals surface area (Å²) in [6.07, 6.45) is 27.8. The minimum atomic E-state index is 1.06. The van der Waals surface area contributed by atoms with Crippen molar-refractivity contribution in [1.82, 2.24) is 9.97 Å². The van der Waals surface area contributed by atoms with Crippen LogP contribution < -0.4 is 0 Å². The lowest BCUT2D eigenvalue weighted by molar-refractivity contribution is 0.563. The third-order valence-electron chi connectivity index (χ3n) is 7.96. The minimum Gasteiger partial charge on any atom is -0.239 e. The predicted molar refractivity (Wildman–Crippen MR) is 182 cm³/mol. The van der Waals surface area contributed by atoms with Crippen LogP contribution in [0.3, 0.4) is 0 Å². The Balaban J connectivity index is 1.37. The van der Waals surface area contributed by atoms with Crippen molar-refractivity contribution in [2.45, 2.75) is 152 Å². The van der Waals surface area contributed by atoms with E-state index in [1.165, 1.54) is 139 Å². The molecule has 3 aromatic rings. The second kappa shape index (κ2) is 21.4. The van der Waals surface area contributed by atoms with E-state index < -0.39 is 0 Å². The molecule has 40 heavy (non-hydrogen) atoms. The molecule has 0 N–H and O–H groups in total. The standard InChI is InChI=1S/C36H56N2S2/c1-3-5-7-9-11-13-15-17-19-21-29-39-33-27-25-31-23-24-32-26-28-34(38-36(32)35(31)37-33)40-30-22-20-18-16-14-12-10-8-6-4-2/h23-28H,3-22,29-30H2,1-2H3. The maximum atomic E-state index is 5.08. The SMILES string of the molecule is CCCCCCCCCCCCSc1ccc2ccc3ccc(SCCCCCCCCCCCC)nc3c2n1. The molecule has 4 heteroatoms.